The largest absolute Gasteiger partial charge is 0.103 e. The van der Waals surface area contributed by atoms with E-state index in [1.807, 2.05) is 12.2 Å². The highest BCUT2D eigenvalue weighted by Gasteiger charge is 1.84. The minimum atomic E-state index is 0.982. The molecule has 0 nitrogen and oxygen atoms in total. The lowest BCUT2D eigenvalue weighted by Crippen LogP contribution is -1.74. The van der Waals surface area contributed by atoms with Crippen LogP contribution in [0.1, 0.15) is 44.9 Å². The van der Waals surface area contributed by atoms with Gasteiger partial charge in [0.05, 0.1) is 0 Å². The van der Waals surface area contributed by atoms with Crippen molar-refractivity contribution < 1.29 is 0 Å². The Labute approximate surface area is 95.1 Å². The molecule has 0 rings (SSSR count). The second-order valence-corrected chi connectivity index (χ2v) is 3.63. The number of rotatable bonds is 10. The molecule has 0 atom stereocenters. The first kappa shape index (κ1) is 14.0. The van der Waals surface area contributed by atoms with Crippen molar-refractivity contribution in [3.8, 4) is 0 Å². The molecule has 0 aromatic heterocycles. The summed E-state index contributed by atoms with van der Waals surface area (Å²) >= 11 is 0. The van der Waals surface area contributed by atoms with E-state index in [0.717, 1.165) is 19.3 Å². The molecule has 0 heteroatoms. The lowest BCUT2D eigenvalue weighted by molar-refractivity contribution is 0.696. The molecule has 0 aliphatic heterocycles. The molecule has 0 N–H and O–H groups in total. The molecule has 84 valence electrons. The molecular formula is C15H24. The van der Waals surface area contributed by atoms with Gasteiger partial charge < -0.3 is 0 Å². The standard InChI is InChI=1S/C15H24/c1-3-5-7-9-11-13-15-14-12-10-8-6-4-2/h3-4,7,9,13,15H,1-2,5-6,8,10-12,14H2. The van der Waals surface area contributed by atoms with Gasteiger partial charge in [-0.1, -0.05) is 42.9 Å². The van der Waals surface area contributed by atoms with Crippen LogP contribution in [-0.2, 0) is 0 Å². The van der Waals surface area contributed by atoms with Crippen LogP contribution in [0.3, 0.4) is 0 Å². The summed E-state index contributed by atoms with van der Waals surface area (Å²) < 4.78 is 0. The topological polar surface area (TPSA) is 0 Å². The van der Waals surface area contributed by atoms with Crippen molar-refractivity contribution in [3.05, 3.63) is 49.6 Å². The number of unbranched alkanes of at least 4 members (excludes halogenated alkanes) is 4. The Balaban J connectivity index is 3.16. The fourth-order valence-electron chi connectivity index (χ4n) is 1.31. The highest BCUT2D eigenvalue weighted by molar-refractivity contribution is 4.95. The number of hydrogen-bond donors (Lipinski definition) is 0. The minimum Gasteiger partial charge on any atom is -0.103 e. The zero-order valence-electron chi connectivity index (χ0n) is 9.83. The van der Waals surface area contributed by atoms with Gasteiger partial charge in [0.15, 0.2) is 0 Å². The van der Waals surface area contributed by atoms with Crippen molar-refractivity contribution in [2.75, 3.05) is 0 Å². The molecule has 0 amide bonds. The third-order valence-corrected chi connectivity index (χ3v) is 2.19. The highest BCUT2D eigenvalue weighted by Crippen LogP contribution is 2.04. The van der Waals surface area contributed by atoms with E-state index in [4.69, 9.17) is 0 Å². The molecule has 0 aliphatic carbocycles. The Hall–Kier alpha value is -1.04. The number of hydrogen-bond acceptors (Lipinski definition) is 0. The third-order valence-electron chi connectivity index (χ3n) is 2.19. The molecule has 0 saturated carbocycles. The second-order valence-electron chi connectivity index (χ2n) is 3.63. The predicted molar refractivity (Wildman–Crippen MR) is 71.0 cm³/mol. The summed E-state index contributed by atoms with van der Waals surface area (Å²) in [5.74, 6) is 0. The fourth-order valence-corrected chi connectivity index (χ4v) is 1.31. The summed E-state index contributed by atoms with van der Waals surface area (Å²) in [5.41, 5.74) is 0. The normalized spacial score (nSPS) is 11.2. The Bertz CT molecular complexity index is 196. The van der Waals surface area contributed by atoms with Gasteiger partial charge in [0, 0.05) is 0 Å². The minimum absolute atomic E-state index is 0.982. The zero-order chi connectivity index (χ0) is 11.2. The Morgan fingerprint density at radius 3 is 2.00 bits per heavy atom. The summed E-state index contributed by atoms with van der Waals surface area (Å²) in [6, 6.07) is 0. The molecule has 0 aromatic rings. The van der Waals surface area contributed by atoms with Crippen LogP contribution in [0.4, 0.5) is 0 Å². The first-order valence-corrected chi connectivity index (χ1v) is 5.93. The Morgan fingerprint density at radius 1 is 0.600 bits per heavy atom. The van der Waals surface area contributed by atoms with Crippen LogP contribution in [0.15, 0.2) is 49.6 Å². The molecule has 0 aliphatic rings. The van der Waals surface area contributed by atoms with E-state index in [-0.39, 0.29) is 0 Å². The van der Waals surface area contributed by atoms with Crippen molar-refractivity contribution in [1.82, 2.24) is 0 Å². The van der Waals surface area contributed by atoms with E-state index in [0.29, 0.717) is 0 Å². The van der Waals surface area contributed by atoms with Crippen LogP contribution in [0.2, 0.25) is 0 Å². The van der Waals surface area contributed by atoms with Gasteiger partial charge in [0.1, 0.15) is 0 Å². The smallest absolute Gasteiger partial charge is 0.0169 e. The molecule has 15 heavy (non-hydrogen) atoms. The summed E-state index contributed by atoms with van der Waals surface area (Å²) in [7, 11) is 0. The molecule has 0 bridgehead atoms. The van der Waals surface area contributed by atoms with E-state index in [1.54, 1.807) is 0 Å². The maximum atomic E-state index is 3.71. The van der Waals surface area contributed by atoms with Gasteiger partial charge in [-0.05, 0) is 38.5 Å². The molecule has 0 spiro atoms. The maximum absolute atomic E-state index is 3.71. The van der Waals surface area contributed by atoms with Gasteiger partial charge in [-0.25, -0.2) is 0 Å². The van der Waals surface area contributed by atoms with Crippen LogP contribution in [-0.4, -0.2) is 0 Å². The van der Waals surface area contributed by atoms with Crippen molar-refractivity contribution >= 4 is 0 Å². The van der Waals surface area contributed by atoms with Gasteiger partial charge in [-0.3, -0.25) is 0 Å². The molecule has 0 fully saturated rings. The van der Waals surface area contributed by atoms with Crippen molar-refractivity contribution in [2.24, 2.45) is 0 Å². The monoisotopic (exact) mass is 204 g/mol. The SMILES string of the molecule is C=CCC=CCC=CCCCCCC=C. The van der Waals surface area contributed by atoms with Crippen LogP contribution in [0.25, 0.3) is 0 Å². The van der Waals surface area contributed by atoms with E-state index < -0.39 is 0 Å². The summed E-state index contributed by atoms with van der Waals surface area (Å²) in [6.07, 6.45) is 21.1. The second kappa shape index (κ2) is 13.0. The lowest BCUT2D eigenvalue weighted by Gasteiger charge is -1.94. The first-order chi connectivity index (χ1) is 7.41. The van der Waals surface area contributed by atoms with Crippen LogP contribution < -0.4 is 0 Å². The van der Waals surface area contributed by atoms with Gasteiger partial charge in [-0.15, -0.1) is 13.2 Å². The lowest BCUT2D eigenvalue weighted by atomic mass is 10.1. The van der Waals surface area contributed by atoms with E-state index in [2.05, 4.69) is 37.5 Å². The average molecular weight is 204 g/mol. The molecule has 0 aromatic carbocycles. The third kappa shape index (κ3) is 13.0. The summed E-state index contributed by atoms with van der Waals surface area (Å²) in [5, 5.41) is 0. The summed E-state index contributed by atoms with van der Waals surface area (Å²) in [4.78, 5) is 0. The molecular weight excluding hydrogens is 180 g/mol. The van der Waals surface area contributed by atoms with Gasteiger partial charge in [-0.2, -0.15) is 0 Å². The molecule has 0 saturated heterocycles. The van der Waals surface area contributed by atoms with Crippen molar-refractivity contribution in [3.63, 3.8) is 0 Å². The van der Waals surface area contributed by atoms with Crippen LogP contribution in [0.5, 0.6) is 0 Å². The van der Waals surface area contributed by atoms with Crippen LogP contribution >= 0.6 is 0 Å². The van der Waals surface area contributed by atoms with Crippen molar-refractivity contribution in [1.29, 1.82) is 0 Å². The fraction of sp³-hybridized carbons (Fsp3) is 0.467. The average Bonchev–Trinajstić information content (AvgIpc) is 2.26. The molecule has 0 radical (unpaired) electrons. The quantitative estimate of drug-likeness (QED) is 0.339. The van der Waals surface area contributed by atoms with Crippen LogP contribution in [0, 0.1) is 0 Å². The van der Waals surface area contributed by atoms with Crippen molar-refractivity contribution in [2.45, 2.75) is 44.9 Å². The first-order valence-electron chi connectivity index (χ1n) is 5.93. The van der Waals surface area contributed by atoms with Gasteiger partial charge >= 0.3 is 0 Å². The van der Waals surface area contributed by atoms with E-state index >= 15 is 0 Å². The molecule has 0 heterocycles. The summed E-state index contributed by atoms with van der Waals surface area (Å²) in [6.45, 7) is 7.38. The maximum Gasteiger partial charge on any atom is -0.0169 e. The molecule has 0 unspecified atom stereocenters. The Kier molecular flexibility index (Phi) is 12.1. The Morgan fingerprint density at radius 2 is 1.27 bits per heavy atom. The van der Waals surface area contributed by atoms with E-state index in [9.17, 15) is 0 Å². The van der Waals surface area contributed by atoms with E-state index in [1.165, 1.54) is 25.7 Å². The van der Waals surface area contributed by atoms with Gasteiger partial charge in [0.2, 0.25) is 0 Å². The zero-order valence-corrected chi connectivity index (χ0v) is 9.83. The highest BCUT2D eigenvalue weighted by atomic mass is 13.9. The van der Waals surface area contributed by atoms with Gasteiger partial charge in [0.25, 0.3) is 0 Å². The predicted octanol–water partition coefficient (Wildman–Crippen LogP) is 5.20. The number of allylic oxidation sites excluding steroid dienone is 6.